The molecular weight excluding hydrogens is 275 g/mol. The van der Waals surface area contributed by atoms with E-state index < -0.39 is 5.82 Å². The molecule has 0 radical (unpaired) electrons. The number of rotatable bonds is 4. The standard InChI is InChI=1S/C15H15FN2OS/c1-9-7-11(19-2)4-6-14(9)18-10-3-5-12(15(17)20)13(16)8-10/h3-8,18H,1-2H3,(H2,17,20). The van der Waals surface area contributed by atoms with Crippen LogP contribution in [0.3, 0.4) is 0 Å². The monoisotopic (exact) mass is 290 g/mol. The van der Waals surface area contributed by atoms with Crippen molar-refractivity contribution >= 4 is 28.6 Å². The maximum Gasteiger partial charge on any atom is 0.135 e. The van der Waals surface area contributed by atoms with Gasteiger partial charge in [-0.25, -0.2) is 4.39 Å². The second-order valence-corrected chi connectivity index (χ2v) is 4.80. The number of methoxy groups -OCH3 is 1. The predicted octanol–water partition coefficient (Wildman–Crippen LogP) is 3.52. The van der Waals surface area contributed by atoms with E-state index in [1.165, 1.54) is 6.07 Å². The average molecular weight is 290 g/mol. The highest BCUT2D eigenvalue weighted by molar-refractivity contribution is 7.80. The van der Waals surface area contributed by atoms with Gasteiger partial charge in [-0.3, -0.25) is 0 Å². The lowest BCUT2D eigenvalue weighted by molar-refractivity contribution is 0.414. The van der Waals surface area contributed by atoms with Gasteiger partial charge in [0, 0.05) is 16.9 Å². The fourth-order valence-corrected chi connectivity index (χ4v) is 2.02. The quantitative estimate of drug-likeness (QED) is 0.846. The zero-order chi connectivity index (χ0) is 14.7. The van der Waals surface area contributed by atoms with Gasteiger partial charge in [0.25, 0.3) is 0 Å². The second kappa shape index (κ2) is 5.88. The zero-order valence-electron chi connectivity index (χ0n) is 11.2. The summed E-state index contributed by atoms with van der Waals surface area (Å²) < 4.78 is 18.9. The minimum Gasteiger partial charge on any atom is -0.497 e. The van der Waals surface area contributed by atoms with Crippen LogP contribution in [-0.2, 0) is 0 Å². The average Bonchev–Trinajstić information content (AvgIpc) is 2.40. The van der Waals surface area contributed by atoms with E-state index in [1.807, 2.05) is 25.1 Å². The van der Waals surface area contributed by atoms with Crippen LogP contribution in [-0.4, -0.2) is 12.1 Å². The lowest BCUT2D eigenvalue weighted by atomic mass is 10.1. The zero-order valence-corrected chi connectivity index (χ0v) is 12.1. The van der Waals surface area contributed by atoms with Crippen molar-refractivity contribution in [1.82, 2.24) is 0 Å². The molecule has 0 aliphatic carbocycles. The summed E-state index contributed by atoms with van der Waals surface area (Å²) in [5.41, 5.74) is 8.20. The van der Waals surface area contributed by atoms with Gasteiger partial charge in [0.05, 0.1) is 7.11 Å². The van der Waals surface area contributed by atoms with Gasteiger partial charge in [0.1, 0.15) is 16.6 Å². The predicted molar refractivity (Wildman–Crippen MR) is 83.3 cm³/mol. The normalized spacial score (nSPS) is 10.2. The third kappa shape index (κ3) is 3.05. The maximum absolute atomic E-state index is 13.8. The number of nitrogens with two attached hydrogens (primary N) is 1. The third-order valence-corrected chi connectivity index (χ3v) is 3.17. The minimum absolute atomic E-state index is 0.0506. The molecule has 0 saturated carbocycles. The van der Waals surface area contributed by atoms with Gasteiger partial charge in [0.15, 0.2) is 0 Å². The lowest BCUT2D eigenvalue weighted by Gasteiger charge is -2.12. The van der Waals surface area contributed by atoms with Gasteiger partial charge < -0.3 is 15.8 Å². The van der Waals surface area contributed by atoms with Crippen molar-refractivity contribution < 1.29 is 9.13 Å². The van der Waals surface area contributed by atoms with Crippen molar-refractivity contribution in [2.75, 3.05) is 12.4 Å². The fraction of sp³-hybridized carbons (Fsp3) is 0.133. The first-order chi connectivity index (χ1) is 9.51. The molecule has 0 unspecified atom stereocenters. The highest BCUT2D eigenvalue weighted by Crippen LogP contribution is 2.25. The van der Waals surface area contributed by atoms with E-state index in [2.05, 4.69) is 5.32 Å². The topological polar surface area (TPSA) is 47.3 Å². The molecule has 0 aliphatic rings. The van der Waals surface area contributed by atoms with Crippen molar-refractivity contribution in [1.29, 1.82) is 0 Å². The maximum atomic E-state index is 13.8. The molecule has 0 heterocycles. The van der Waals surface area contributed by atoms with Crippen LogP contribution in [0.25, 0.3) is 0 Å². The summed E-state index contributed by atoms with van der Waals surface area (Å²) >= 11 is 4.77. The van der Waals surface area contributed by atoms with Crippen LogP contribution in [0.1, 0.15) is 11.1 Å². The van der Waals surface area contributed by atoms with Crippen molar-refractivity contribution in [3.8, 4) is 5.75 Å². The molecular formula is C15H15FN2OS. The first-order valence-electron chi connectivity index (χ1n) is 6.02. The minimum atomic E-state index is -0.436. The number of thiocarbonyl (C=S) groups is 1. The molecule has 2 aromatic rings. The summed E-state index contributed by atoms with van der Waals surface area (Å²) in [6.45, 7) is 1.95. The summed E-state index contributed by atoms with van der Waals surface area (Å²) in [6.07, 6.45) is 0. The van der Waals surface area contributed by atoms with E-state index in [1.54, 1.807) is 19.2 Å². The highest BCUT2D eigenvalue weighted by atomic mass is 32.1. The molecule has 0 aliphatic heterocycles. The molecule has 3 nitrogen and oxygen atoms in total. The van der Waals surface area contributed by atoms with Crippen molar-refractivity contribution in [3.63, 3.8) is 0 Å². The number of benzene rings is 2. The SMILES string of the molecule is COc1ccc(Nc2ccc(C(N)=S)c(F)c2)c(C)c1. The van der Waals surface area contributed by atoms with Crippen LogP contribution in [0.4, 0.5) is 15.8 Å². The van der Waals surface area contributed by atoms with E-state index in [-0.39, 0.29) is 10.6 Å². The smallest absolute Gasteiger partial charge is 0.135 e. The molecule has 0 amide bonds. The Kier molecular flexibility index (Phi) is 4.20. The van der Waals surface area contributed by atoms with Gasteiger partial charge in [-0.2, -0.15) is 0 Å². The molecule has 0 bridgehead atoms. The van der Waals surface area contributed by atoms with Crippen molar-refractivity contribution in [2.45, 2.75) is 6.92 Å². The third-order valence-electron chi connectivity index (χ3n) is 2.95. The molecule has 104 valence electrons. The van der Waals surface area contributed by atoms with Gasteiger partial charge >= 0.3 is 0 Å². The molecule has 0 spiro atoms. The first-order valence-corrected chi connectivity index (χ1v) is 6.43. The summed E-state index contributed by atoms with van der Waals surface area (Å²) in [4.78, 5) is 0.0506. The second-order valence-electron chi connectivity index (χ2n) is 4.36. The largest absolute Gasteiger partial charge is 0.497 e. The Hall–Kier alpha value is -2.14. The Bertz CT molecular complexity index is 658. The lowest BCUT2D eigenvalue weighted by Crippen LogP contribution is -2.11. The molecule has 0 atom stereocenters. The summed E-state index contributed by atoms with van der Waals surface area (Å²) in [6, 6.07) is 10.3. The van der Waals surface area contributed by atoms with Crippen LogP contribution < -0.4 is 15.8 Å². The van der Waals surface area contributed by atoms with Crippen LogP contribution in [0.2, 0.25) is 0 Å². The molecule has 3 N–H and O–H groups in total. The van der Waals surface area contributed by atoms with E-state index in [0.29, 0.717) is 5.69 Å². The van der Waals surface area contributed by atoms with E-state index >= 15 is 0 Å². The summed E-state index contributed by atoms with van der Waals surface area (Å²) in [5.74, 6) is 0.344. The number of anilines is 2. The van der Waals surface area contributed by atoms with Gasteiger partial charge in [-0.05, 0) is 48.9 Å². The van der Waals surface area contributed by atoms with Crippen LogP contribution in [0.15, 0.2) is 36.4 Å². The number of nitrogens with one attached hydrogen (secondary N) is 1. The summed E-state index contributed by atoms with van der Waals surface area (Å²) in [7, 11) is 1.62. The van der Waals surface area contributed by atoms with Crippen molar-refractivity contribution in [3.05, 3.63) is 53.3 Å². The molecule has 20 heavy (non-hydrogen) atoms. The molecule has 2 rings (SSSR count). The first kappa shape index (κ1) is 14.3. The number of aryl methyl sites for hydroxylation is 1. The highest BCUT2D eigenvalue weighted by Gasteiger charge is 2.07. The number of halogens is 1. The molecule has 2 aromatic carbocycles. The molecule has 0 aromatic heterocycles. The van der Waals surface area contributed by atoms with E-state index in [0.717, 1.165) is 17.0 Å². The number of ether oxygens (including phenoxy) is 1. The number of hydrogen-bond acceptors (Lipinski definition) is 3. The Balaban J connectivity index is 2.26. The Labute approximate surface area is 122 Å². The summed E-state index contributed by atoms with van der Waals surface area (Å²) in [5, 5.41) is 3.15. The Morgan fingerprint density at radius 2 is 2.00 bits per heavy atom. The van der Waals surface area contributed by atoms with E-state index in [9.17, 15) is 4.39 Å². The Morgan fingerprint density at radius 3 is 2.55 bits per heavy atom. The van der Waals surface area contributed by atoms with Gasteiger partial charge in [-0.15, -0.1) is 0 Å². The number of hydrogen-bond donors (Lipinski definition) is 2. The molecule has 5 heteroatoms. The van der Waals surface area contributed by atoms with E-state index in [4.69, 9.17) is 22.7 Å². The van der Waals surface area contributed by atoms with Crippen LogP contribution in [0.5, 0.6) is 5.75 Å². The van der Waals surface area contributed by atoms with Crippen LogP contribution in [0, 0.1) is 12.7 Å². The Morgan fingerprint density at radius 1 is 1.25 bits per heavy atom. The fourth-order valence-electron chi connectivity index (χ4n) is 1.85. The molecule has 0 fully saturated rings. The van der Waals surface area contributed by atoms with Crippen molar-refractivity contribution in [2.24, 2.45) is 5.73 Å². The molecule has 0 saturated heterocycles. The van der Waals surface area contributed by atoms with Crippen LogP contribution >= 0.6 is 12.2 Å². The van der Waals surface area contributed by atoms with Gasteiger partial charge in [0.2, 0.25) is 0 Å². The van der Waals surface area contributed by atoms with Gasteiger partial charge in [-0.1, -0.05) is 12.2 Å².